The van der Waals surface area contributed by atoms with Crippen LogP contribution in [0.1, 0.15) is 20.3 Å². The standard InChI is InChI=1S/C12H25NO3/c1-12(2,14)10-13-5-4-11(8-13)9-16-7-6-15-3/h11,14H,4-10H2,1-3H3. The maximum absolute atomic E-state index is 9.72. The van der Waals surface area contributed by atoms with E-state index < -0.39 is 5.60 Å². The highest BCUT2D eigenvalue weighted by atomic mass is 16.5. The lowest BCUT2D eigenvalue weighted by molar-refractivity contribution is 0.0350. The van der Waals surface area contributed by atoms with Gasteiger partial charge in [0.2, 0.25) is 0 Å². The number of rotatable bonds is 7. The van der Waals surface area contributed by atoms with Gasteiger partial charge in [-0.15, -0.1) is 0 Å². The van der Waals surface area contributed by atoms with Gasteiger partial charge in [-0.3, -0.25) is 0 Å². The van der Waals surface area contributed by atoms with E-state index in [1.165, 1.54) is 6.42 Å². The number of β-amino-alcohol motifs (C(OH)–C–C–N with tert-alkyl or cyclic N) is 1. The maximum Gasteiger partial charge on any atom is 0.0718 e. The molecule has 4 heteroatoms. The van der Waals surface area contributed by atoms with Crippen LogP contribution in [0.3, 0.4) is 0 Å². The zero-order valence-corrected chi connectivity index (χ0v) is 10.7. The lowest BCUT2D eigenvalue weighted by Crippen LogP contribution is -2.37. The van der Waals surface area contributed by atoms with Crippen LogP contribution in [-0.4, -0.2) is 62.2 Å². The number of nitrogens with zero attached hydrogens (tertiary/aromatic N) is 1. The highest BCUT2D eigenvalue weighted by Crippen LogP contribution is 2.18. The maximum atomic E-state index is 9.72. The van der Waals surface area contributed by atoms with Crippen LogP contribution in [0.25, 0.3) is 0 Å². The second-order valence-corrected chi connectivity index (χ2v) is 5.27. The van der Waals surface area contributed by atoms with Crippen molar-refractivity contribution in [1.29, 1.82) is 0 Å². The van der Waals surface area contributed by atoms with Crippen molar-refractivity contribution < 1.29 is 14.6 Å². The third kappa shape index (κ3) is 5.80. The number of methoxy groups -OCH3 is 1. The molecule has 0 radical (unpaired) electrons. The van der Waals surface area contributed by atoms with E-state index in [9.17, 15) is 5.11 Å². The fourth-order valence-electron chi connectivity index (χ4n) is 2.13. The van der Waals surface area contributed by atoms with Gasteiger partial charge in [0, 0.05) is 20.2 Å². The van der Waals surface area contributed by atoms with Gasteiger partial charge in [-0.05, 0) is 32.7 Å². The van der Waals surface area contributed by atoms with Crippen LogP contribution in [0, 0.1) is 5.92 Å². The Kier molecular flexibility index (Phi) is 5.69. The number of likely N-dealkylation sites (tertiary alicyclic amines) is 1. The van der Waals surface area contributed by atoms with Gasteiger partial charge >= 0.3 is 0 Å². The van der Waals surface area contributed by atoms with E-state index in [2.05, 4.69) is 4.90 Å². The van der Waals surface area contributed by atoms with E-state index in [-0.39, 0.29) is 0 Å². The molecule has 4 nitrogen and oxygen atoms in total. The number of hydrogen-bond donors (Lipinski definition) is 1. The van der Waals surface area contributed by atoms with Crippen molar-refractivity contribution in [3.8, 4) is 0 Å². The lowest BCUT2D eigenvalue weighted by Gasteiger charge is -2.25. The molecule has 0 aliphatic carbocycles. The topological polar surface area (TPSA) is 41.9 Å². The van der Waals surface area contributed by atoms with Crippen molar-refractivity contribution in [1.82, 2.24) is 4.90 Å². The molecular formula is C12H25NO3. The van der Waals surface area contributed by atoms with Crippen LogP contribution < -0.4 is 0 Å². The molecule has 0 bridgehead atoms. The van der Waals surface area contributed by atoms with E-state index in [0.717, 1.165) is 26.2 Å². The van der Waals surface area contributed by atoms with E-state index in [1.807, 2.05) is 13.8 Å². The van der Waals surface area contributed by atoms with Crippen molar-refractivity contribution in [3.63, 3.8) is 0 Å². The molecule has 0 amide bonds. The van der Waals surface area contributed by atoms with Gasteiger partial charge in [0.1, 0.15) is 0 Å². The van der Waals surface area contributed by atoms with Gasteiger partial charge in [0.25, 0.3) is 0 Å². The molecule has 1 saturated heterocycles. The second kappa shape index (κ2) is 6.55. The summed E-state index contributed by atoms with van der Waals surface area (Å²) >= 11 is 0. The van der Waals surface area contributed by atoms with Crippen LogP contribution in [0.4, 0.5) is 0 Å². The zero-order chi connectivity index (χ0) is 12.0. The molecule has 1 atom stereocenters. The summed E-state index contributed by atoms with van der Waals surface area (Å²) in [4.78, 5) is 2.31. The van der Waals surface area contributed by atoms with E-state index >= 15 is 0 Å². The molecule has 96 valence electrons. The molecule has 0 aromatic rings. The SMILES string of the molecule is COCCOCC1CCN(CC(C)(C)O)C1. The lowest BCUT2D eigenvalue weighted by atomic mass is 10.1. The summed E-state index contributed by atoms with van der Waals surface area (Å²) in [5.74, 6) is 0.610. The molecule has 0 spiro atoms. The zero-order valence-electron chi connectivity index (χ0n) is 10.7. The van der Waals surface area contributed by atoms with E-state index in [4.69, 9.17) is 9.47 Å². The van der Waals surface area contributed by atoms with Crippen molar-refractivity contribution >= 4 is 0 Å². The predicted octanol–water partition coefficient (Wildman–Crippen LogP) is 0.742. The molecule has 1 fully saturated rings. The van der Waals surface area contributed by atoms with Gasteiger partial charge in [-0.2, -0.15) is 0 Å². The normalized spacial score (nSPS) is 22.9. The highest BCUT2D eigenvalue weighted by molar-refractivity contribution is 4.80. The summed E-state index contributed by atoms with van der Waals surface area (Å²) in [6, 6.07) is 0. The summed E-state index contributed by atoms with van der Waals surface area (Å²) in [6.07, 6.45) is 1.17. The van der Waals surface area contributed by atoms with Gasteiger partial charge in [0.15, 0.2) is 0 Å². The molecule has 1 N–H and O–H groups in total. The first-order valence-electron chi connectivity index (χ1n) is 6.02. The Hall–Kier alpha value is -0.160. The molecule has 0 saturated carbocycles. The molecule has 1 aliphatic rings. The van der Waals surface area contributed by atoms with Crippen molar-refractivity contribution in [3.05, 3.63) is 0 Å². The minimum absolute atomic E-state index is 0.591. The highest BCUT2D eigenvalue weighted by Gasteiger charge is 2.26. The summed E-state index contributed by atoms with van der Waals surface area (Å²) in [6.45, 7) is 8.73. The van der Waals surface area contributed by atoms with E-state index in [1.54, 1.807) is 7.11 Å². The Balaban J connectivity index is 2.10. The predicted molar refractivity (Wildman–Crippen MR) is 63.5 cm³/mol. The monoisotopic (exact) mass is 231 g/mol. The third-order valence-electron chi connectivity index (χ3n) is 2.77. The minimum atomic E-state index is -0.591. The molecule has 0 aromatic heterocycles. The van der Waals surface area contributed by atoms with Crippen molar-refractivity contribution in [2.24, 2.45) is 5.92 Å². The van der Waals surface area contributed by atoms with Gasteiger partial charge < -0.3 is 19.5 Å². The average molecular weight is 231 g/mol. The molecule has 1 rings (SSSR count). The summed E-state index contributed by atoms with van der Waals surface area (Å²) < 4.78 is 10.4. The fraction of sp³-hybridized carbons (Fsp3) is 1.00. The Morgan fingerprint density at radius 1 is 1.38 bits per heavy atom. The van der Waals surface area contributed by atoms with Gasteiger partial charge in [-0.25, -0.2) is 0 Å². The Bertz CT molecular complexity index is 191. The Labute approximate surface area is 98.5 Å². The number of ether oxygens (including phenoxy) is 2. The fourth-order valence-corrected chi connectivity index (χ4v) is 2.13. The molecule has 1 heterocycles. The Morgan fingerprint density at radius 2 is 2.12 bits per heavy atom. The minimum Gasteiger partial charge on any atom is -0.389 e. The molecular weight excluding hydrogens is 206 g/mol. The quantitative estimate of drug-likeness (QED) is 0.656. The largest absolute Gasteiger partial charge is 0.389 e. The summed E-state index contributed by atoms with van der Waals surface area (Å²) in [7, 11) is 1.68. The first-order valence-corrected chi connectivity index (χ1v) is 6.02. The molecule has 16 heavy (non-hydrogen) atoms. The second-order valence-electron chi connectivity index (χ2n) is 5.27. The van der Waals surface area contributed by atoms with Crippen LogP contribution in [0.15, 0.2) is 0 Å². The van der Waals surface area contributed by atoms with E-state index in [0.29, 0.717) is 19.1 Å². The number of hydrogen-bond acceptors (Lipinski definition) is 4. The smallest absolute Gasteiger partial charge is 0.0718 e. The summed E-state index contributed by atoms with van der Waals surface area (Å²) in [5, 5.41) is 9.72. The van der Waals surface area contributed by atoms with Crippen LogP contribution >= 0.6 is 0 Å². The van der Waals surface area contributed by atoms with Crippen molar-refractivity contribution in [2.75, 3.05) is 46.6 Å². The van der Waals surface area contributed by atoms with Crippen LogP contribution in [0.5, 0.6) is 0 Å². The first-order chi connectivity index (χ1) is 7.51. The number of aliphatic hydroxyl groups is 1. The van der Waals surface area contributed by atoms with Crippen LogP contribution in [0.2, 0.25) is 0 Å². The molecule has 1 aliphatic heterocycles. The van der Waals surface area contributed by atoms with Crippen LogP contribution in [-0.2, 0) is 9.47 Å². The van der Waals surface area contributed by atoms with Crippen molar-refractivity contribution in [2.45, 2.75) is 25.9 Å². The third-order valence-corrected chi connectivity index (χ3v) is 2.77. The summed E-state index contributed by atoms with van der Waals surface area (Å²) in [5.41, 5.74) is -0.591. The molecule has 0 aromatic carbocycles. The Morgan fingerprint density at radius 3 is 2.75 bits per heavy atom. The first kappa shape index (κ1) is 13.9. The average Bonchev–Trinajstić information content (AvgIpc) is 2.58. The molecule has 1 unspecified atom stereocenters. The van der Waals surface area contributed by atoms with Gasteiger partial charge in [-0.1, -0.05) is 0 Å². The van der Waals surface area contributed by atoms with Gasteiger partial charge in [0.05, 0.1) is 25.4 Å².